The van der Waals surface area contributed by atoms with Crippen LogP contribution in [-0.2, 0) is 16.2 Å². The van der Waals surface area contributed by atoms with Gasteiger partial charge < -0.3 is 19.5 Å². The maximum absolute atomic E-state index is 12.2. The van der Waals surface area contributed by atoms with Crippen LogP contribution in [0.4, 0.5) is 5.69 Å². The zero-order valence-electron chi connectivity index (χ0n) is 18.3. The third-order valence-corrected chi connectivity index (χ3v) is 5.30. The maximum Gasteiger partial charge on any atom is 0.329 e. The van der Waals surface area contributed by atoms with Gasteiger partial charge in [-0.2, -0.15) is 5.10 Å². The molecule has 0 bridgehead atoms. The number of anilines is 1. The molecule has 176 valence electrons. The molecule has 0 heterocycles. The van der Waals surface area contributed by atoms with Crippen LogP contribution in [0.25, 0.3) is 0 Å². The van der Waals surface area contributed by atoms with Crippen LogP contribution >= 0.6 is 27.5 Å². The quantitative estimate of drug-likeness (QED) is 0.241. The molecule has 8 nitrogen and oxygen atoms in total. The Morgan fingerprint density at radius 3 is 2.44 bits per heavy atom. The van der Waals surface area contributed by atoms with Crippen molar-refractivity contribution >= 4 is 51.2 Å². The molecule has 0 aliphatic rings. The number of amides is 2. The van der Waals surface area contributed by atoms with Crippen molar-refractivity contribution in [3.63, 3.8) is 0 Å². The minimum atomic E-state index is -0.966. The number of nitrogens with zero attached hydrogens (tertiary/aromatic N) is 1. The number of carbonyl (C=O) groups is 2. The van der Waals surface area contributed by atoms with Crippen molar-refractivity contribution in [1.29, 1.82) is 0 Å². The molecule has 10 heteroatoms. The maximum atomic E-state index is 12.2. The second-order valence-electron chi connectivity index (χ2n) is 6.81. The zero-order chi connectivity index (χ0) is 24.5. The average Bonchev–Trinajstić information content (AvgIpc) is 2.83. The van der Waals surface area contributed by atoms with E-state index in [9.17, 15) is 9.59 Å². The van der Waals surface area contributed by atoms with Crippen LogP contribution in [0.2, 0.25) is 5.02 Å². The minimum absolute atomic E-state index is 0.263. The smallest absolute Gasteiger partial charge is 0.329 e. The molecule has 0 saturated carbocycles. The summed E-state index contributed by atoms with van der Waals surface area (Å²) in [4.78, 5) is 24.3. The molecule has 0 spiro atoms. The van der Waals surface area contributed by atoms with Crippen molar-refractivity contribution < 1.29 is 23.8 Å². The van der Waals surface area contributed by atoms with Crippen molar-refractivity contribution in [3.05, 3.63) is 81.3 Å². The molecule has 3 aromatic rings. The van der Waals surface area contributed by atoms with E-state index in [1.807, 2.05) is 30.3 Å². The Bertz CT molecular complexity index is 1200. The fraction of sp³-hybridized carbons (Fsp3) is 0.125. The number of hydrogen-bond acceptors (Lipinski definition) is 6. The molecule has 0 atom stereocenters. The van der Waals surface area contributed by atoms with E-state index >= 15 is 0 Å². The summed E-state index contributed by atoms with van der Waals surface area (Å²) in [5.41, 5.74) is 4.06. The van der Waals surface area contributed by atoms with E-state index in [4.69, 9.17) is 25.8 Å². The van der Waals surface area contributed by atoms with E-state index in [0.717, 1.165) is 5.56 Å². The summed E-state index contributed by atoms with van der Waals surface area (Å²) in [6.07, 6.45) is 1.37. The topological polar surface area (TPSA) is 98.2 Å². The number of halogens is 2. The molecule has 0 aliphatic heterocycles. The Kier molecular flexibility index (Phi) is 8.89. The van der Waals surface area contributed by atoms with Gasteiger partial charge in [-0.15, -0.1) is 0 Å². The highest BCUT2D eigenvalue weighted by molar-refractivity contribution is 9.10. The molecule has 0 unspecified atom stereocenters. The summed E-state index contributed by atoms with van der Waals surface area (Å²) in [5, 5.41) is 6.66. The lowest BCUT2D eigenvalue weighted by atomic mass is 10.2. The highest BCUT2D eigenvalue weighted by Gasteiger charge is 2.16. The summed E-state index contributed by atoms with van der Waals surface area (Å²) in [7, 11) is 2.96. The highest BCUT2D eigenvalue weighted by Crippen LogP contribution is 2.36. The largest absolute Gasteiger partial charge is 0.495 e. The normalized spacial score (nSPS) is 10.6. The number of benzene rings is 3. The fourth-order valence-corrected chi connectivity index (χ4v) is 3.60. The number of rotatable bonds is 8. The van der Waals surface area contributed by atoms with Crippen molar-refractivity contribution in [2.75, 3.05) is 19.5 Å². The lowest BCUT2D eigenvalue weighted by Crippen LogP contribution is -2.32. The number of methoxy groups -OCH3 is 2. The molecule has 3 rings (SSSR count). The van der Waals surface area contributed by atoms with E-state index in [2.05, 4.69) is 31.8 Å². The predicted octanol–water partition coefficient (Wildman–Crippen LogP) is 4.79. The van der Waals surface area contributed by atoms with Crippen LogP contribution in [0, 0.1) is 0 Å². The molecule has 2 N–H and O–H groups in total. The van der Waals surface area contributed by atoms with E-state index in [-0.39, 0.29) is 5.69 Å². The van der Waals surface area contributed by atoms with Crippen LogP contribution in [0.5, 0.6) is 17.2 Å². The molecular weight excluding hydrogens is 526 g/mol. The molecule has 0 saturated heterocycles. The number of hydrogen-bond donors (Lipinski definition) is 2. The summed E-state index contributed by atoms with van der Waals surface area (Å²) in [6, 6.07) is 17.8. The fourth-order valence-electron chi connectivity index (χ4n) is 2.86. The Labute approximate surface area is 210 Å². The third kappa shape index (κ3) is 6.72. The first-order valence-electron chi connectivity index (χ1n) is 9.93. The van der Waals surface area contributed by atoms with Crippen LogP contribution in [-0.4, -0.2) is 32.2 Å². The second kappa shape index (κ2) is 12.1. The second-order valence-corrected chi connectivity index (χ2v) is 8.10. The number of ether oxygens (including phenoxy) is 3. The Morgan fingerprint density at radius 1 is 1.00 bits per heavy atom. The molecule has 3 aromatic carbocycles. The van der Waals surface area contributed by atoms with Crippen LogP contribution in [0.15, 0.2) is 70.2 Å². The van der Waals surface area contributed by atoms with Gasteiger partial charge in [-0.1, -0.05) is 41.9 Å². The lowest BCUT2D eigenvalue weighted by Gasteiger charge is -2.13. The van der Waals surface area contributed by atoms with Crippen molar-refractivity contribution in [1.82, 2.24) is 5.43 Å². The molecule has 2 amide bonds. The van der Waals surface area contributed by atoms with Crippen LogP contribution < -0.4 is 25.0 Å². The molecule has 0 radical (unpaired) electrons. The molecule has 34 heavy (non-hydrogen) atoms. The first kappa shape index (κ1) is 25.1. The van der Waals surface area contributed by atoms with Gasteiger partial charge in [0.05, 0.1) is 30.6 Å². The van der Waals surface area contributed by atoms with E-state index in [1.54, 1.807) is 24.3 Å². The lowest BCUT2D eigenvalue weighted by molar-refractivity contribution is -0.136. The van der Waals surface area contributed by atoms with Gasteiger partial charge in [0.15, 0.2) is 11.5 Å². The molecule has 0 aliphatic carbocycles. The Balaban J connectivity index is 1.63. The van der Waals surface area contributed by atoms with E-state index in [0.29, 0.717) is 38.9 Å². The molecular formula is C24H21BrClN3O5. The number of carbonyl (C=O) groups excluding carboxylic acids is 2. The average molecular weight is 547 g/mol. The van der Waals surface area contributed by atoms with Gasteiger partial charge in [-0.3, -0.25) is 9.59 Å². The van der Waals surface area contributed by atoms with Crippen molar-refractivity contribution in [2.24, 2.45) is 5.10 Å². The summed E-state index contributed by atoms with van der Waals surface area (Å²) < 4.78 is 17.1. The highest BCUT2D eigenvalue weighted by atomic mass is 79.9. The Hall–Kier alpha value is -3.56. The van der Waals surface area contributed by atoms with Gasteiger partial charge in [0.25, 0.3) is 0 Å². The van der Waals surface area contributed by atoms with E-state index in [1.165, 1.54) is 26.5 Å². The van der Waals surface area contributed by atoms with Gasteiger partial charge in [-0.25, -0.2) is 5.43 Å². The summed E-state index contributed by atoms with van der Waals surface area (Å²) in [5.74, 6) is -0.528. The van der Waals surface area contributed by atoms with Crippen molar-refractivity contribution in [2.45, 2.75) is 6.61 Å². The number of hydrazone groups is 1. The monoisotopic (exact) mass is 545 g/mol. The first-order chi connectivity index (χ1) is 16.4. The predicted molar refractivity (Wildman–Crippen MR) is 134 cm³/mol. The summed E-state index contributed by atoms with van der Waals surface area (Å²) >= 11 is 9.41. The van der Waals surface area contributed by atoms with Crippen LogP contribution in [0.3, 0.4) is 0 Å². The minimum Gasteiger partial charge on any atom is -0.495 e. The number of nitrogens with one attached hydrogen (secondary N) is 2. The van der Waals surface area contributed by atoms with Gasteiger partial charge in [-0.05, 0) is 57.4 Å². The molecule has 0 aromatic heterocycles. The van der Waals surface area contributed by atoms with Gasteiger partial charge in [0.2, 0.25) is 0 Å². The van der Waals surface area contributed by atoms with Gasteiger partial charge in [0, 0.05) is 5.02 Å². The van der Waals surface area contributed by atoms with E-state index < -0.39 is 11.8 Å². The first-order valence-corrected chi connectivity index (χ1v) is 11.1. The van der Waals surface area contributed by atoms with Crippen molar-refractivity contribution in [3.8, 4) is 17.2 Å². The van der Waals surface area contributed by atoms with Gasteiger partial charge in [0.1, 0.15) is 12.4 Å². The zero-order valence-corrected chi connectivity index (χ0v) is 20.6. The standard InChI is InChI=1S/C24H21BrClN3O5/c1-32-20-9-8-17(26)12-19(20)28-23(30)24(31)29-27-13-16-10-18(25)22(21(11-16)33-2)34-14-15-6-4-3-5-7-15/h3-13H,14H2,1-2H3,(H,28,30)(H,29,31)/b27-13+. The SMILES string of the molecule is COc1ccc(Cl)cc1NC(=O)C(=O)N/N=C/c1cc(Br)c(OCc2ccccc2)c(OC)c1. The van der Waals surface area contributed by atoms with Crippen LogP contribution in [0.1, 0.15) is 11.1 Å². The third-order valence-electron chi connectivity index (χ3n) is 4.47. The van der Waals surface area contributed by atoms with Gasteiger partial charge >= 0.3 is 11.8 Å². The summed E-state index contributed by atoms with van der Waals surface area (Å²) in [6.45, 7) is 0.367. The molecule has 0 fully saturated rings. The Morgan fingerprint density at radius 2 is 1.74 bits per heavy atom.